The van der Waals surface area contributed by atoms with Gasteiger partial charge in [0.15, 0.2) is 0 Å². The van der Waals surface area contributed by atoms with Crippen molar-refractivity contribution >= 4 is 5.97 Å². The molecule has 2 nitrogen and oxygen atoms in total. The van der Waals surface area contributed by atoms with Gasteiger partial charge in [0.1, 0.15) is 0 Å². The fraction of sp³-hybridized carbons (Fsp3) is 0.500. The number of carbonyl (C=O) groups excluding carboxylic acids is 1. The number of esters is 1. The van der Waals surface area contributed by atoms with Crippen molar-refractivity contribution in [3.05, 3.63) is 6.43 Å². The van der Waals surface area contributed by atoms with Gasteiger partial charge in [-0.15, -0.1) is 0 Å². The smallest absolute Gasteiger partial charge is 0.228 e. The van der Waals surface area contributed by atoms with Gasteiger partial charge >= 0.3 is 0 Å². The first-order valence-corrected chi connectivity index (χ1v) is 2.03. The predicted octanol–water partition coefficient (Wildman–Crippen LogP) is 0.975. The third kappa shape index (κ3) is 5.70. The second-order valence-corrected chi connectivity index (χ2v) is 0.981. The van der Waals surface area contributed by atoms with E-state index in [4.69, 9.17) is 0 Å². The summed E-state index contributed by atoms with van der Waals surface area (Å²) in [5, 5.41) is 0. The zero-order valence-corrected chi connectivity index (χ0v) is 7.95. The Bertz CT molecular complexity index is 86.6. The summed E-state index contributed by atoms with van der Waals surface area (Å²) in [5.41, 5.74) is 0. The topological polar surface area (TPSA) is 26.3 Å². The second kappa shape index (κ2) is 5.95. The monoisotopic (exact) mass is 187 g/mol. The van der Waals surface area contributed by atoms with Crippen LogP contribution in [0.15, 0.2) is 0 Å². The quantitative estimate of drug-likeness (QED) is 0.367. The largest absolute Gasteiger partial charge is 0.484 e. The molecule has 0 unspecified atom stereocenters. The molecule has 0 aliphatic rings. The molecule has 0 saturated carbocycles. The molecule has 0 aromatic rings. The van der Waals surface area contributed by atoms with Crippen LogP contribution >= 0.6 is 0 Å². The van der Waals surface area contributed by atoms with Crippen LogP contribution in [0.4, 0.5) is 8.78 Å². The Morgan fingerprint density at radius 3 is 2.22 bits per heavy atom. The first-order valence-electron chi connectivity index (χ1n) is 2.03. The van der Waals surface area contributed by atoms with Crippen LogP contribution in [0.5, 0.6) is 0 Å². The maximum Gasteiger partial charge on any atom is 0.228 e. The van der Waals surface area contributed by atoms with Crippen molar-refractivity contribution in [1.82, 2.24) is 0 Å². The van der Waals surface area contributed by atoms with Gasteiger partial charge in [0.25, 0.3) is 0 Å². The molecule has 0 fully saturated rings. The van der Waals surface area contributed by atoms with Crippen LogP contribution in [0.1, 0.15) is 6.92 Å². The molecular formula is C4H5F2O2Zn-. The van der Waals surface area contributed by atoms with E-state index in [1.165, 1.54) is 6.92 Å². The molecule has 0 radical (unpaired) electrons. The SMILES string of the molecule is CCOC(=O)[C-](F)F.[Zn]. The molecule has 5 heteroatoms. The fourth-order valence-corrected chi connectivity index (χ4v) is 0.186. The molecule has 0 N–H and O–H groups in total. The minimum absolute atomic E-state index is 0. The molecule has 0 amide bonds. The van der Waals surface area contributed by atoms with E-state index < -0.39 is 12.4 Å². The van der Waals surface area contributed by atoms with E-state index in [0.29, 0.717) is 0 Å². The van der Waals surface area contributed by atoms with Crippen LogP contribution in [0, 0.1) is 6.43 Å². The molecule has 50 valence electrons. The molecule has 9 heavy (non-hydrogen) atoms. The molecule has 0 atom stereocenters. The maximum absolute atomic E-state index is 11.1. The summed E-state index contributed by atoms with van der Waals surface area (Å²) in [6, 6.07) is 0. The molecule has 0 bridgehead atoms. The van der Waals surface area contributed by atoms with Crippen LogP contribution in [0.3, 0.4) is 0 Å². The third-order valence-corrected chi connectivity index (χ3v) is 0.430. The van der Waals surface area contributed by atoms with Gasteiger partial charge in [-0.3, -0.25) is 4.79 Å². The summed E-state index contributed by atoms with van der Waals surface area (Å²) in [6.07, 6.45) is -2.30. The van der Waals surface area contributed by atoms with Crippen LogP contribution in [0.25, 0.3) is 0 Å². The Morgan fingerprint density at radius 1 is 1.67 bits per heavy atom. The number of carbonyl (C=O) groups is 1. The molecule has 0 aliphatic carbocycles. The van der Waals surface area contributed by atoms with E-state index in [1.54, 1.807) is 0 Å². The zero-order chi connectivity index (χ0) is 6.57. The van der Waals surface area contributed by atoms with Gasteiger partial charge in [-0.25, -0.2) is 0 Å². The van der Waals surface area contributed by atoms with Crippen LogP contribution < -0.4 is 0 Å². The van der Waals surface area contributed by atoms with Crippen molar-refractivity contribution in [1.29, 1.82) is 0 Å². The van der Waals surface area contributed by atoms with Crippen LogP contribution in [-0.2, 0) is 29.0 Å². The number of halogens is 2. The molecule has 0 aliphatic heterocycles. The van der Waals surface area contributed by atoms with Gasteiger partial charge < -0.3 is 13.5 Å². The van der Waals surface area contributed by atoms with Gasteiger partial charge in [-0.2, -0.15) is 0 Å². The van der Waals surface area contributed by atoms with E-state index in [1.807, 2.05) is 0 Å². The van der Waals surface area contributed by atoms with Gasteiger partial charge in [0.05, 0.1) is 6.61 Å². The Labute approximate surface area is 64.3 Å². The fourth-order valence-electron chi connectivity index (χ4n) is 0.186. The molecule has 0 aromatic heterocycles. The van der Waals surface area contributed by atoms with E-state index in [9.17, 15) is 13.6 Å². The number of ether oxygens (including phenoxy) is 1. The van der Waals surface area contributed by atoms with E-state index >= 15 is 0 Å². The average Bonchev–Trinajstić information content (AvgIpc) is 1.67. The van der Waals surface area contributed by atoms with E-state index in [-0.39, 0.29) is 26.1 Å². The normalized spacial score (nSPS) is 7.44. The Kier molecular flexibility index (Phi) is 7.67. The van der Waals surface area contributed by atoms with Crippen molar-refractivity contribution in [3.63, 3.8) is 0 Å². The summed E-state index contributed by atoms with van der Waals surface area (Å²) in [5.74, 6) is -1.53. The minimum atomic E-state index is -2.30. The van der Waals surface area contributed by atoms with Crippen LogP contribution in [0.2, 0.25) is 0 Å². The predicted molar refractivity (Wildman–Crippen MR) is 22.1 cm³/mol. The van der Waals surface area contributed by atoms with E-state index in [0.717, 1.165) is 0 Å². The average molecular weight is 188 g/mol. The van der Waals surface area contributed by atoms with Crippen molar-refractivity contribution in [2.75, 3.05) is 6.61 Å². The zero-order valence-electron chi connectivity index (χ0n) is 4.99. The molecule has 0 saturated heterocycles. The molecular weight excluding hydrogens is 183 g/mol. The minimum Gasteiger partial charge on any atom is -0.484 e. The molecule has 0 heterocycles. The van der Waals surface area contributed by atoms with Gasteiger partial charge in [-0.1, -0.05) is 0 Å². The van der Waals surface area contributed by atoms with Crippen molar-refractivity contribution in [2.45, 2.75) is 6.92 Å². The van der Waals surface area contributed by atoms with Gasteiger partial charge in [0, 0.05) is 25.9 Å². The summed E-state index contributed by atoms with van der Waals surface area (Å²) < 4.78 is 26.0. The summed E-state index contributed by atoms with van der Waals surface area (Å²) in [4.78, 5) is 9.73. The number of hydrogen-bond acceptors (Lipinski definition) is 2. The molecule has 0 aromatic carbocycles. The Morgan fingerprint density at radius 2 is 2.11 bits per heavy atom. The first kappa shape index (κ1) is 11.6. The summed E-state index contributed by atoms with van der Waals surface area (Å²) in [6.45, 7) is 1.44. The summed E-state index contributed by atoms with van der Waals surface area (Å²) >= 11 is 0. The van der Waals surface area contributed by atoms with Gasteiger partial charge in [0.2, 0.25) is 5.97 Å². The maximum atomic E-state index is 11.1. The van der Waals surface area contributed by atoms with Crippen molar-refractivity contribution < 1.29 is 37.8 Å². The van der Waals surface area contributed by atoms with Crippen molar-refractivity contribution in [3.8, 4) is 0 Å². The standard InChI is InChI=1S/C4H5F2O2.Zn/c1-2-8-4(7)3(5)6;/h2H2,1H3;/q-1;. The van der Waals surface area contributed by atoms with Crippen molar-refractivity contribution in [2.24, 2.45) is 0 Å². The molecule has 0 spiro atoms. The number of hydrogen-bond donors (Lipinski definition) is 0. The first-order chi connectivity index (χ1) is 3.68. The Balaban J connectivity index is 0. The molecule has 0 rings (SSSR count). The Hall–Kier alpha value is -0.177. The van der Waals surface area contributed by atoms with Crippen LogP contribution in [-0.4, -0.2) is 12.6 Å². The number of rotatable bonds is 2. The second-order valence-electron chi connectivity index (χ2n) is 0.981. The third-order valence-electron chi connectivity index (χ3n) is 0.430. The van der Waals surface area contributed by atoms with Gasteiger partial charge in [-0.05, 0) is 6.92 Å². The summed E-state index contributed by atoms with van der Waals surface area (Å²) in [7, 11) is 0. The van der Waals surface area contributed by atoms with E-state index in [2.05, 4.69) is 4.74 Å².